The fraction of sp³-hybridized carbons (Fsp3) is 0.481. The molecule has 2 aromatic rings. The molecule has 2 heterocycles. The molecule has 2 aliphatic rings. The molecule has 2 fully saturated rings. The first kappa shape index (κ1) is 24.6. The smallest absolute Gasteiger partial charge is 0.259 e. The number of piperidine rings is 1. The average molecular weight is 481 g/mol. The zero-order chi connectivity index (χ0) is 23.9. The molecule has 1 saturated carbocycles. The second-order valence-corrected chi connectivity index (χ2v) is 10.7. The summed E-state index contributed by atoms with van der Waals surface area (Å²) in [6.45, 7) is 6.46. The van der Waals surface area contributed by atoms with Crippen LogP contribution < -0.4 is 15.5 Å². The van der Waals surface area contributed by atoms with Crippen LogP contribution in [0.15, 0.2) is 52.4 Å². The number of nitrogens with one attached hydrogen (secondary N) is 2. The first-order valence-corrected chi connectivity index (χ1v) is 13.3. The Morgan fingerprint density at radius 1 is 1.15 bits per heavy atom. The van der Waals surface area contributed by atoms with E-state index in [2.05, 4.69) is 41.5 Å². The van der Waals surface area contributed by atoms with Crippen LogP contribution in [0.25, 0.3) is 0 Å². The van der Waals surface area contributed by atoms with Gasteiger partial charge in [-0.2, -0.15) is 0 Å². The fourth-order valence-corrected chi connectivity index (χ4v) is 5.99. The van der Waals surface area contributed by atoms with Gasteiger partial charge in [-0.1, -0.05) is 30.1 Å². The van der Waals surface area contributed by atoms with Gasteiger partial charge in [0.05, 0.1) is 12.2 Å². The molecule has 4 rings (SSSR count). The third kappa shape index (κ3) is 6.33. The van der Waals surface area contributed by atoms with Gasteiger partial charge in [-0.15, -0.1) is 11.8 Å². The Bertz CT molecular complexity index is 1020. The Morgan fingerprint density at radius 2 is 1.91 bits per heavy atom. The van der Waals surface area contributed by atoms with Crippen LogP contribution in [-0.2, 0) is 0 Å². The van der Waals surface area contributed by atoms with Crippen LogP contribution in [0, 0.1) is 0 Å². The zero-order valence-electron chi connectivity index (χ0n) is 20.3. The van der Waals surface area contributed by atoms with Crippen LogP contribution in [0.2, 0.25) is 0 Å². The maximum absolute atomic E-state index is 13.4. The van der Waals surface area contributed by atoms with Gasteiger partial charge in [-0.3, -0.25) is 4.79 Å². The molecule has 1 saturated heterocycles. The third-order valence-corrected chi connectivity index (χ3v) is 7.94. The van der Waals surface area contributed by atoms with Gasteiger partial charge < -0.3 is 20.6 Å². The van der Waals surface area contributed by atoms with Crippen LogP contribution in [0.1, 0.15) is 62.7 Å². The Labute approximate surface area is 207 Å². The summed E-state index contributed by atoms with van der Waals surface area (Å²) >= 11 is 1.92. The van der Waals surface area contributed by atoms with E-state index in [9.17, 15) is 9.90 Å². The molecule has 1 amide bonds. The van der Waals surface area contributed by atoms with Crippen molar-refractivity contribution in [3.63, 3.8) is 0 Å². The van der Waals surface area contributed by atoms with E-state index in [0.717, 1.165) is 31.6 Å². The number of rotatable bonds is 8. The van der Waals surface area contributed by atoms with Crippen LogP contribution >= 0.6 is 11.8 Å². The molecule has 182 valence electrons. The summed E-state index contributed by atoms with van der Waals surface area (Å²) < 4.78 is 0. The number of anilines is 3. The summed E-state index contributed by atoms with van der Waals surface area (Å²) in [6, 6.07) is 11.8. The summed E-state index contributed by atoms with van der Waals surface area (Å²) in [6.07, 6.45) is 7.16. The second kappa shape index (κ2) is 11.8. The normalized spacial score (nSPS) is 16.6. The van der Waals surface area contributed by atoms with Crippen LogP contribution in [0.4, 0.5) is 17.3 Å². The largest absolute Gasteiger partial charge is 0.395 e. The summed E-state index contributed by atoms with van der Waals surface area (Å²) in [7, 11) is 0. The molecule has 0 unspecified atom stereocenters. The number of aliphatic hydroxyl groups is 1. The predicted molar refractivity (Wildman–Crippen MR) is 142 cm³/mol. The lowest BCUT2D eigenvalue weighted by molar-refractivity contribution is 0.102. The number of allylic oxidation sites excluding steroid dienone is 1. The van der Waals surface area contributed by atoms with Crippen molar-refractivity contribution in [2.45, 2.75) is 62.5 Å². The van der Waals surface area contributed by atoms with E-state index >= 15 is 0 Å². The standard InChI is InChI=1S/C27H36N4O2S/c1-19(2)20-12-15-31(16-13-20)26-24(10-11-25(30-26)28-14-17-32)27(33)29-21-6-5-9-23(18-21)34-22-7-3-4-8-22/h5-6,9-11,18,22,32H,3-4,7-8,12-17H2,1-2H3,(H,28,30)(H,29,33). The highest BCUT2D eigenvalue weighted by molar-refractivity contribution is 8.00. The third-order valence-electron chi connectivity index (χ3n) is 6.61. The summed E-state index contributed by atoms with van der Waals surface area (Å²) in [5.41, 5.74) is 4.27. The van der Waals surface area contributed by atoms with Crippen LogP contribution in [-0.4, -0.2) is 47.5 Å². The highest BCUT2D eigenvalue weighted by Crippen LogP contribution is 2.35. The molecule has 1 aromatic carbocycles. The Morgan fingerprint density at radius 3 is 2.62 bits per heavy atom. The van der Waals surface area contributed by atoms with E-state index < -0.39 is 0 Å². The van der Waals surface area contributed by atoms with Gasteiger partial charge in [0.1, 0.15) is 11.6 Å². The van der Waals surface area contributed by atoms with E-state index in [4.69, 9.17) is 4.98 Å². The number of pyridine rings is 1. The highest BCUT2D eigenvalue weighted by atomic mass is 32.2. The van der Waals surface area contributed by atoms with Gasteiger partial charge in [0.2, 0.25) is 0 Å². The van der Waals surface area contributed by atoms with Crippen molar-refractivity contribution >= 4 is 35.0 Å². The topological polar surface area (TPSA) is 77.5 Å². The second-order valence-electron chi connectivity index (χ2n) is 9.31. The number of thioether (sulfide) groups is 1. The van der Waals surface area contributed by atoms with Crippen molar-refractivity contribution in [2.24, 2.45) is 0 Å². The minimum atomic E-state index is -0.146. The Kier molecular flexibility index (Phi) is 8.51. The van der Waals surface area contributed by atoms with Crippen molar-refractivity contribution in [3.05, 3.63) is 53.1 Å². The molecule has 7 heteroatoms. The first-order valence-electron chi connectivity index (χ1n) is 12.4. The van der Waals surface area contributed by atoms with Gasteiger partial charge in [0.25, 0.3) is 5.91 Å². The number of benzene rings is 1. The molecule has 1 aromatic heterocycles. The van der Waals surface area contributed by atoms with E-state index in [0.29, 0.717) is 29.0 Å². The molecule has 0 spiro atoms. The van der Waals surface area contributed by atoms with E-state index in [-0.39, 0.29) is 12.5 Å². The molecule has 1 aliphatic carbocycles. The summed E-state index contributed by atoms with van der Waals surface area (Å²) in [4.78, 5) is 21.6. The lowest BCUT2D eigenvalue weighted by atomic mass is 9.99. The van der Waals surface area contributed by atoms with E-state index in [1.165, 1.54) is 41.7 Å². The number of hydrogen-bond donors (Lipinski definition) is 3. The number of aliphatic hydroxyl groups excluding tert-OH is 1. The lowest BCUT2D eigenvalue weighted by Gasteiger charge is -2.31. The monoisotopic (exact) mass is 480 g/mol. The Balaban J connectivity index is 1.53. The number of carbonyl (C=O) groups is 1. The van der Waals surface area contributed by atoms with Crippen molar-refractivity contribution < 1.29 is 9.90 Å². The molecular formula is C27H36N4O2S. The van der Waals surface area contributed by atoms with Crippen LogP contribution in [0.3, 0.4) is 0 Å². The lowest BCUT2D eigenvalue weighted by Crippen LogP contribution is -2.33. The summed E-state index contributed by atoms with van der Waals surface area (Å²) in [5, 5.41) is 16.1. The number of carbonyl (C=O) groups excluding carboxylic acids is 1. The number of nitrogens with zero attached hydrogens (tertiary/aromatic N) is 2. The quantitative estimate of drug-likeness (QED) is 0.420. The minimum absolute atomic E-state index is 0.0299. The first-order chi connectivity index (χ1) is 16.5. The average Bonchev–Trinajstić information content (AvgIpc) is 3.36. The fourth-order valence-electron chi connectivity index (χ4n) is 4.68. The SMILES string of the molecule is CC(C)=C1CCN(c2nc(NCCO)ccc2C(=O)Nc2cccc(SC3CCCC3)c2)CC1. The summed E-state index contributed by atoms with van der Waals surface area (Å²) in [5.74, 6) is 1.22. The van der Waals surface area contributed by atoms with Crippen molar-refractivity contribution in [2.75, 3.05) is 41.8 Å². The minimum Gasteiger partial charge on any atom is -0.395 e. The number of hydrogen-bond acceptors (Lipinski definition) is 6. The molecule has 0 bridgehead atoms. The van der Waals surface area contributed by atoms with E-state index in [1.54, 1.807) is 0 Å². The molecule has 3 N–H and O–H groups in total. The number of aromatic nitrogens is 1. The van der Waals surface area contributed by atoms with Gasteiger partial charge in [-0.25, -0.2) is 4.98 Å². The van der Waals surface area contributed by atoms with Crippen molar-refractivity contribution in [1.29, 1.82) is 0 Å². The molecule has 34 heavy (non-hydrogen) atoms. The predicted octanol–water partition coefficient (Wildman–Crippen LogP) is 5.71. The molecule has 0 radical (unpaired) electrons. The molecule has 1 aliphatic heterocycles. The maximum atomic E-state index is 13.4. The van der Waals surface area contributed by atoms with Gasteiger partial charge >= 0.3 is 0 Å². The van der Waals surface area contributed by atoms with Crippen molar-refractivity contribution in [3.8, 4) is 0 Å². The van der Waals surface area contributed by atoms with E-state index in [1.807, 2.05) is 36.0 Å². The van der Waals surface area contributed by atoms with Crippen molar-refractivity contribution in [1.82, 2.24) is 4.98 Å². The maximum Gasteiger partial charge on any atom is 0.259 e. The van der Waals surface area contributed by atoms with Gasteiger partial charge in [0, 0.05) is 35.5 Å². The highest BCUT2D eigenvalue weighted by Gasteiger charge is 2.23. The van der Waals surface area contributed by atoms with Crippen LogP contribution in [0.5, 0.6) is 0 Å². The van der Waals surface area contributed by atoms with Gasteiger partial charge in [-0.05, 0) is 69.9 Å². The zero-order valence-corrected chi connectivity index (χ0v) is 21.1. The number of amides is 1. The Hall–Kier alpha value is -2.51. The van der Waals surface area contributed by atoms with Gasteiger partial charge in [0.15, 0.2) is 0 Å². The molecule has 6 nitrogen and oxygen atoms in total. The molecular weight excluding hydrogens is 444 g/mol. The molecule has 0 atom stereocenters.